The Balaban J connectivity index is 1.88. The van der Waals surface area contributed by atoms with Crippen molar-refractivity contribution in [2.24, 2.45) is 0 Å². The van der Waals surface area contributed by atoms with Gasteiger partial charge in [-0.2, -0.15) is 0 Å². The van der Waals surface area contributed by atoms with E-state index in [0.717, 1.165) is 0 Å². The number of aromatic nitrogens is 4. The van der Waals surface area contributed by atoms with Crippen LogP contribution in [0.1, 0.15) is 10.3 Å². The van der Waals surface area contributed by atoms with Crippen molar-refractivity contribution in [1.29, 1.82) is 0 Å². The van der Waals surface area contributed by atoms with E-state index in [4.69, 9.17) is 14.6 Å². The molecule has 5 N–H and O–H groups in total. The molecule has 1 unspecified atom stereocenters. The zero-order valence-electron chi connectivity index (χ0n) is 13.6. The lowest BCUT2D eigenvalue weighted by Crippen LogP contribution is -2.37. The van der Waals surface area contributed by atoms with Gasteiger partial charge in [0.05, 0.1) is 6.33 Å². The van der Waals surface area contributed by atoms with E-state index in [1.807, 2.05) is 0 Å². The Labute approximate surface area is 128 Å². The lowest BCUT2D eigenvalue weighted by Gasteiger charge is -2.18. The first-order chi connectivity index (χ1) is 11.2. The van der Waals surface area contributed by atoms with Crippen LogP contribution in [-0.4, -0.2) is 64.8 Å². The molecule has 21 heavy (non-hydrogen) atoms. The van der Waals surface area contributed by atoms with Crippen molar-refractivity contribution in [3.05, 3.63) is 12.7 Å². The minimum atomic E-state index is -2.48. The molecule has 5 atom stereocenters. The summed E-state index contributed by atoms with van der Waals surface area (Å²) >= 11 is 0.254. The lowest BCUT2D eigenvalue weighted by atomic mass is 10.1. The second-order valence-corrected chi connectivity index (χ2v) is 5.28. The largest absolute Gasteiger partial charge is 0.387 e. The lowest BCUT2D eigenvalue weighted by molar-refractivity contribution is -0.0593. The molecule has 0 saturated carbocycles. The number of fused-ring (bicyclic) bond motifs is 1. The van der Waals surface area contributed by atoms with Gasteiger partial charge in [0.25, 0.3) is 0 Å². The molecule has 114 valence electrons. The summed E-state index contributed by atoms with van der Waals surface area (Å²) in [6.45, 7) is 0. The molecular formula is C11H15N5O4S. The van der Waals surface area contributed by atoms with Crippen molar-refractivity contribution in [2.45, 2.75) is 30.0 Å². The number of anilines is 1. The third-order valence-corrected chi connectivity index (χ3v) is 3.85. The van der Waals surface area contributed by atoms with Crippen molar-refractivity contribution >= 4 is 28.7 Å². The van der Waals surface area contributed by atoms with Crippen molar-refractivity contribution in [3.63, 3.8) is 0 Å². The molecule has 2 aromatic heterocycles. The van der Waals surface area contributed by atoms with Crippen LogP contribution < -0.4 is 5.73 Å². The Bertz CT molecular complexity index is 744. The second kappa shape index (κ2) is 5.39. The summed E-state index contributed by atoms with van der Waals surface area (Å²) in [5.74, 6) is 0.140. The number of nitrogen functional groups attached to an aromatic ring is 1. The molecule has 1 saturated heterocycles. The molecule has 0 amide bonds. The summed E-state index contributed by atoms with van der Waals surface area (Å²) in [7, 11) is 0. The molecule has 0 spiro atoms. The second-order valence-electron chi connectivity index (χ2n) is 4.56. The van der Waals surface area contributed by atoms with Gasteiger partial charge < -0.3 is 25.8 Å². The van der Waals surface area contributed by atoms with E-state index >= 15 is 0 Å². The van der Waals surface area contributed by atoms with Gasteiger partial charge >= 0.3 is 0 Å². The van der Waals surface area contributed by atoms with E-state index in [-0.39, 0.29) is 23.2 Å². The van der Waals surface area contributed by atoms with Gasteiger partial charge in [0.2, 0.25) is 0 Å². The number of rotatable bonds is 3. The molecule has 3 rings (SSSR count). The number of hydrogen-bond donors (Lipinski definition) is 4. The summed E-state index contributed by atoms with van der Waals surface area (Å²) in [4.78, 5) is 11.8. The fraction of sp³-hybridized carbons (Fsp3) is 0.545. The number of nitrogens with two attached hydrogens (primary N) is 1. The number of thioether (sulfide) groups is 1. The third kappa shape index (κ3) is 2.24. The molecule has 1 aliphatic rings. The average molecular weight is 316 g/mol. The van der Waals surface area contributed by atoms with Gasteiger partial charge in [-0.25, -0.2) is 15.0 Å². The topological polar surface area (TPSA) is 140 Å². The highest BCUT2D eigenvalue weighted by Crippen LogP contribution is 2.34. The predicted molar refractivity (Wildman–Crippen MR) is 75.2 cm³/mol. The van der Waals surface area contributed by atoms with Gasteiger partial charge in [0, 0.05) is 4.11 Å². The molecule has 10 heteroatoms. The Hall–Kier alpha value is -1.46. The van der Waals surface area contributed by atoms with Crippen LogP contribution in [0.2, 0.25) is 0 Å². The molecule has 2 aromatic rings. The first-order valence-corrected chi connectivity index (χ1v) is 6.87. The fourth-order valence-electron chi connectivity index (χ4n) is 2.27. The molecule has 0 bridgehead atoms. The van der Waals surface area contributed by atoms with Crippen LogP contribution in [0.15, 0.2) is 12.7 Å². The molecular weight excluding hydrogens is 298 g/mol. The maximum Gasteiger partial charge on any atom is 0.167 e. The fourth-order valence-corrected chi connectivity index (χ4v) is 2.63. The predicted octanol–water partition coefficient (Wildman–Crippen LogP) is -1.29. The Morgan fingerprint density at radius 2 is 2.24 bits per heavy atom. The van der Waals surface area contributed by atoms with E-state index < -0.39 is 36.2 Å². The van der Waals surface area contributed by atoms with Crippen molar-refractivity contribution in [3.8, 4) is 0 Å². The summed E-state index contributed by atoms with van der Waals surface area (Å²) in [6.07, 6.45) is -5.28. The smallest absolute Gasteiger partial charge is 0.167 e. The first kappa shape index (κ1) is 11.2. The molecule has 1 fully saturated rings. The minimum Gasteiger partial charge on any atom is -0.387 e. The van der Waals surface area contributed by atoms with Crippen LogP contribution in [-0.2, 0) is 4.74 Å². The number of imidazole rings is 1. The highest BCUT2D eigenvalue weighted by atomic mass is 32.2. The summed E-state index contributed by atoms with van der Waals surface area (Å²) in [5.41, 5.74) is 4.71. The molecule has 3 heterocycles. The van der Waals surface area contributed by atoms with Crippen molar-refractivity contribution < 1.29 is 24.2 Å². The quantitative estimate of drug-likeness (QED) is 0.509. The Kier molecular flexibility index (Phi) is 2.86. The summed E-state index contributed by atoms with van der Waals surface area (Å²) in [5, 5.41) is 30.3. The van der Waals surface area contributed by atoms with Gasteiger partial charge in [-0.1, -0.05) is 0 Å². The Morgan fingerprint density at radius 3 is 3.00 bits per heavy atom. The standard InChI is InChI=1S/C11H15N5O4S/c1-21-11(19)7-5(17)6(18)10(20-7)16-3-15-4-8(12)13-2-14-9(4)16/h2-3,5-7,10-11,17-19H,1H3,(H2,12,13,14)/t5-,6+,7-,10+,11?/m0/s1/i1D3. The molecule has 0 aromatic carbocycles. The average Bonchev–Trinajstić information content (AvgIpc) is 3.01. The summed E-state index contributed by atoms with van der Waals surface area (Å²) < 4.78 is 28.3. The molecule has 9 nitrogen and oxygen atoms in total. The van der Waals surface area contributed by atoms with E-state index in [1.165, 1.54) is 17.2 Å². The van der Waals surface area contributed by atoms with Gasteiger partial charge in [-0.05, 0) is 6.18 Å². The van der Waals surface area contributed by atoms with Crippen molar-refractivity contribution in [2.75, 3.05) is 11.9 Å². The van der Waals surface area contributed by atoms with Crippen LogP contribution in [0, 0.1) is 0 Å². The van der Waals surface area contributed by atoms with Crippen LogP contribution in [0.5, 0.6) is 0 Å². The molecule has 0 radical (unpaired) electrons. The van der Waals surface area contributed by atoms with E-state index in [0.29, 0.717) is 5.52 Å². The van der Waals surface area contributed by atoms with Crippen LogP contribution in [0.3, 0.4) is 0 Å². The number of aliphatic hydroxyl groups excluding tert-OH is 3. The third-order valence-electron chi connectivity index (χ3n) is 3.34. The number of aliphatic hydroxyl groups is 3. The van der Waals surface area contributed by atoms with Gasteiger partial charge in [-0.15, -0.1) is 11.8 Å². The highest BCUT2D eigenvalue weighted by Gasteiger charge is 2.47. The minimum absolute atomic E-state index is 0.140. The summed E-state index contributed by atoms with van der Waals surface area (Å²) in [6, 6.07) is 0. The van der Waals surface area contributed by atoms with Crippen LogP contribution in [0.4, 0.5) is 5.82 Å². The maximum absolute atomic E-state index is 10.2. The normalized spacial score (nSPS) is 33.6. The van der Waals surface area contributed by atoms with E-state index in [9.17, 15) is 15.3 Å². The van der Waals surface area contributed by atoms with E-state index in [2.05, 4.69) is 15.0 Å². The highest BCUT2D eigenvalue weighted by molar-refractivity contribution is 7.99. The first-order valence-electron chi connectivity index (χ1n) is 7.49. The van der Waals surface area contributed by atoms with Gasteiger partial charge in [0.1, 0.15) is 35.6 Å². The number of ether oxygens (including phenoxy) is 1. The molecule has 0 aliphatic carbocycles. The zero-order valence-corrected chi connectivity index (χ0v) is 11.4. The zero-order chi connectivity index (χ0) is 17.6. The van der Waals surface area contributed by atoms with Crippen LogP contribution in [0.25, 0.3) is 11.2 Å². The molecule has 1 aliphatic heterocycles. The number of nitrogens with zero attached hydrogens (tertiary/aromatic N) is 4. The maximum atomic E-state index is 10.2. The van der Waals surface area contributed by atoms with Crippen molar-refractivity contribution in [1.82, 2.24) is 19.5 Å². The van der Waals surface area contributed by atoms with Gasteiger partial charge in [-0.3, -0.25) is 4.57 Å². The SMILES string of the molecule is [2H]C([2H])([2H])SC(O)[C@H]1O[C@@H](n2cnc3c(N)ncnc32)[C@H](O)[C@@H]1O. The van der Waals surface area contributed by atoms with Gasteiger partial charge in [0.15, 0.2) is 17.7 Å². The monoisotopic (exact) mass is 316 g/mol. The van der Waals surface area contributed by atoms with Crippen LogP contribution >= 0.6 is 11.8 Å². The number of hydrogen-bond acceptors (Lipinski definition) is 9. The Morgan fingerprint density at radius 1 is 1.43 bits per heavy atom. The van der Waals surface area contributed by atoms with E-state index in [1.54, 1.807) is 0 Å².